The van der Waals surface area contributed by atoms with Crippen molar-refractivity contribution in [2.24, 2.45) is 17.8 Å². The quantitative estimate of drug-likeness (QED) is 0.566. The molecule has 110 valence electrons. The van der Waals surface area contributed by atoms with E-state index in [9.17, 15) is 4.79 Å². The van der Waals surface area contributed by atoms with Crippen LogP contribution in [0.5, 0.6) is 0 Å². The molecule has 2 aliphatic rings. The van der Waals surface area contributed by atoms with Gasteiger partial charge in [-0.2, -0.15) is 0 Å². The Bertz CT molecular complexity index is 391. The van der Waals surface area contributed by atoms with Gasteiger partial charge in [0.05, 0.1) is 5.92 Å². The Morgan fingerprint density at radius 3 is 2.47 bits per heavy atom. The Hall–Kier alpha value is 0.427. The molecule has 0 aliphatic heterocycles. The molecule has 0 aromatic carbocycles. The number of halogens is 2. The predicted molar refractivity (Wildman–Crippen MR) is 82.3 cm³/mol. The monoisotopic (exact) mass is 322 g/mol. The van der Waals surface area contributed by atoms with Gasteiger partial charge in [-0.1, -0.05) is 43.5 Å². The van der Waals surface area contributed by atoms with E-state index in [0.717, 1.165) is 19.3 Å². The van der Waals surface area contributed by atoms with Crippen LogP contribution in [0, 0.1) is 17.8 Å². The molecule has 0 aromatic heterocycles. The van der Waals surface area contributed by atoms with E-state index < -0.39 is 18.3 Å². The van der Waals surface area contributed by atoms with Crippen LogP contribution in [-0.2, 0) is 9.22 Å². The Morgan fingerprint density at radius 2 is 2.00 bits per heavy atom. The van der Waals surface area contributed by atoms with Gasteiger partial charge in [0.2, 0.25) is 4.33 Å². The van der Waals surface area contributed by atoms with E-state index in [1.54, 1.807) is 0 Å². The Labute approximate surface area is 127 Å². The van der Waals surface area contributed by atoms with E-state index in [4.69, 9.17) is 27.6 Å². The molecule has 2 rings (SSSR count). The van der Waals surface area contributed by atoms with Gasteiger partial charge in [-0.05, 0) is 44.3 Å². The minimum absolute atomic E-state index is 0.0168. The third-order valence-electron chi connectivity index (χ3n) is 4.77. The fourth-order valence-electron chi connectivity index (χ4n) is 3.77. The highest BCUT2D eigenvalue weighted by atomic mass is 35.5. The van der Waals surface area contributed by atoms with E-state index in [1.165, 1.54) is 0 Å². The second-order valence-corrected chi connectivity index (χ2v) is 12.9. The summed E-state index contributed by atoms with van der Waals surface area (Å²) in [4.78, 5) is 12.4. The van der Waals surface area contributed by atoms with Gasteiger partial charge >= 0.3 is 0 Å². The van der Waals surface area contributed by atoms with Crippen LogP contribution in [0.3, 0.4) is 0 Å². The Morgan fingerprint density at radius 1 is 1.42 bits per heavy atom. The first-order valence-corrected chi connectivity index (χ1v) is 11.4. The number of hydrogen-bond acceptors (Lipinski definition) is 2. The molecule has 0 aromatic rings. The highest BCUT2D eigenvalue weighted by Gasteiger charge is 2.77. The van der Waals surface area contributed by atoms with Crippen molar-refractivity contribution in [1.29, 1.82) is 0 Å². The standard InChI is InChI=1S/C14H24Cl2O2Si/c1-6-9(2)10-7-8-13(18-19(3,4)5)11(10)12(17)14(13,15)16/h9-11H,6-8H2,1-5H3/t9?,10?,11-,13+/m1/s1. The molecule has 0 bridgehead atoms. The molecule has 0 N–H and O–H groups in total. The van der Waals surface area contributed by atoms with E-state index in [1.807, 2.05) is 0 Å². The molecular formula is C14H24Cl2O2Si. The maximum Gasteiger partial charge on any atom is 0.204 e. The van der Waals surface area contributed by atoms with Crippen LogP contribution in [0.2, 0.25) is 19.6 Å². The van der Waals surface area contributed by atoms with Gasteiger partial charge in [0, 0.05) is 0 Å². The average Bonchev–Trinajstić information content (AvgIpc) is 2.63. The van der Waals surface area contributed by atoms with Crippen LogP contribution in [0.25, 0.3) is 0 Å². The normalized spacial score (nSPS) is 38.8. The van der Waals surface area contributed by atoms with Gasteiger partial charge in [-0.25, -0.2) is 0 Å². The molecule has 0 radical (unpaired) electrons. The molecule has 2 fully saturated rings. The molecule has 2 saturated carbocycles. The molecule has 0 amide bonds. The van der Waals surface area contributed by atoms with E-state index in [0.29, 0.717) is 11.8 Å². The molecule has 2 aliphatic carbocycles. The molecular weight excluding hydrogens is 299 g/mol. The molecule has 2 nitrogen and oxygen atoms in total. The van der Waals surface area contributed by atoms with Crippen molar-refractivity contribution in [3.63, 3.8) is 0 Å². The summed E-state index contributed by atoms with van der Waals surface area (Å²) in [5, 5.41) is 0. The van der Waals surface area contributed by atoms with Crippen LogP contribution >= 0.6 is 23.2 Å². The van der Waals surface area contributed by atoms with E-state index in [-0.39, 0.29) is 11.7 Å². The molecule has 0 spiro atoms. The summed E-state index contributed by atoms with van der Waals surface area (Å²) in [5.74, 6) is 0.783. The largest absolute Gasteiger partial charge is 0.408 e. The van der Waals surface area contributed by atoms with Crippen molar-refractivity contribution < 1.29 is 9.22 Å². The summed E-state index contributed by atoms with van der Waals surface area (Å²) < 4.78 is 5.02. The minimum atomic E-state index is -1.80. The third kappa shape index (κ3) is 2.21. The van der Waals surface area contributed by atoms with Crippen LogP contribution in [-0.4, -0.2) is 24.0 Å². The Kier molecular flexibility index (Phi) is 3.93. The lowest BCUT2D eigenvalue weighted by atomic mass is 9.64. The molecule has 0 saturated heterocycles. The highest BCUT2D eigenvalue weighted by molar-refractivity contribution is 6.70. The van der Waals surface area contributed by atoms with Crippen LogP contribution in [0.15, 0.2) is 0 Å². The number of rotatable bonds is 4. The number of carbonyl (C=O) groups is 1. The average molecular weight is 323 g/mol. The predicted octanol–water partition coefficient (Wildman–Crippen LogP) is 4.41. The zero-order chi connectivity index (χ0) is 14.6. The van der Waals surface area contributed by atoms with Crippen LogP contribution < -0.4 is 0 Å². The minimum Gasteiger partial charge on any atom is -0.408 e. The van der Waals surface area contributed by atoms with Crippen molar-refractivity contribution in [1.82, 2.24) is 0 Å². The summed E-state index contributed by atoms with van der Waals surface area (Å²) in [6, 6.07) is 0. The molecule has 19 heavy (non-hydrogen) atoms. The topological polar surface area (TPSA) is 26.3 Å². The van der Waals surface area contributed by atoms with Gasteiger partial charge in [0.25, 0.3) is 0 Å². The maximum absolute atomic E-state index is 12.4. The molecule has 2 unspecified atom stereocenters. The van der Waals surface area contributed by atoms with Gasteiger partial charge in [-0.15, -0.1) is 0 Å². The van der Waals surface area contributed by atoms with Gasteiger partial charge in [-0.3, -0.25) is 4.79 Å². The Balaban J connectivity index is 2.32. The fourth-order valence-corrected chi connectivity index (χ4v) is 6.12. The van der Waals surface area contributed by atoms with Crippen molar-refractivity contribution in [3.05, 3.63) is 0 Å². The zero-order valence-electron chi connectivity index (χ0n) is 12.4. The summed E-state index contributed by atoms with van der Waals surface area (Å²) in [7, 11) is -1.80. The molecule has 5 heteroatoms. The summed E-state index contributed by atoms with van der Waals surface area (Å²) in [6.45, 7) is 10.8. The van der Waals surface area contributed by atoms with Crippen LogP contribution in [0.4, 0.5) is 0 Å². The number of Topliss-reactive ketones (excluding diaryl/α,β-unsaturated/α-hetero) is 1. The first kappa shape index (κ1) is 15.8. The summed E-state index contributed by atoms with van der Waals surface area (Å²) >= 11 is 12.7. The second-order valence-electron chi connectivity index (χ2n) is 7.11. The first-order valence-electron chi connectivity index (χ1n) is 7.19. The van der Waals surface area contributed by atoms with Crippen LogP contribution in [0.1, 0.15) is 33.1 Å². The van der Waals surface area contributed by atoms with Gasteiger partial charge in [0.1, 0.15) is 5.60 Å². The second kappa shape index (κ2) is 4.72. The highest BCUT2D eigenvalue weighted by Crippen LogP contribution is 2.65. The third-order valence-corrected chi connectivity index (χ3v) is 6.76. The number of alkyl halides is 2. The van der Waals surface area contributed by atoms with E-state index >= 15 is 0 Å². The summed E-state index contributed by atoms with van der Waals surface area (Å²) in [5.41, 5.74) is -0.619. The summed E-state index contributed by atoms with van der Waals surface area (Å²) in [6.07, 6.45) is 2.89. The van der Waals surface area contributed by atoms with Crippen molar-refractivity contribution in [3.8, 4) is 0 Å². The lowest BCUT2D eigenvalue weighted by Gasteiger charge is -2.56. The van der Waals surface area contributed by atoms with Gasteiger partial charge in [0.15, 0.2) is 14.1 Å². The number of carbonyl (C=O) groups excluding carboxylic acids is 1. The zero-order valence-corrected chi connectivity index (χ0v) is 14.9. The SMILES string of the molecule is CCC(C)C1CC[C@]2(O[Si](C)(C)C)[C@H]1C(=O)C2(Cl)Cl. The number of ketones is 1. The first-order chi connectivity index (χ1) is 8.57. The lowest BCUT2D eigenvalue weighted by Crippen LogP contribution is -2.73. The fraction of sp³-hybridized carbons (Fsp3) is 0.929. The van der Waals surface area contributed by atoms with E-state index in [2.05, 4.69) is 33.5 Å². The molecule has 4 atom stereocenters. The number of hydrogen-bond donors (Lipinski definition) is 0. The van der Waals surface area contributed by atoms with Crippen molar-refractivity contribution >= 4 is 37.3 Å². The molecule has 0 heterocycles. The van der Waals surface area contributed by atoms with Gasteiger partial charge < -0.3 is 4.43 Å². The van der Waals surface area contributed by atoms with Crippen molar-refractivity contribution in [2.45, 2.75) is 62.7 Å². The van der Waals surface area contributed by atoms with Crippen molar-refractivity contribution in [2.75, 3.05) is 0 Å². The lowest BCUT2D eigenvalue weighted by molar-refractivity contribution is -0.156. The smallest absolute Gasteiger partial charge is 0.204 e. The number of fused-ring (bicyclic) bond motifs is 1. The maximum atomic E-state index is 12.4.